The Hall–Kier alpha value is -2.65. The van der Waals surface area contributed by atoms with E-state index in [9.17, 15) is 0 Å². The first-order valence-corrected chi connectivity index (χ1v) is 12.1. The second kappa shape index (κ2) is 11.8. The number of fused-ring (bicyclic) bond motifs is 1. The van der Waals surface area contributed by atoms with E-state index >= 15 is 0 Å². The maximum absolute atomic E-state index is 5.95. The van der Waals surface area contributed by atoms with Crippen molar-refractivity contribution in [2.75, 3.05) is 7.05 Å². The topological polar surface area (TPSA) is 28.5 Å². The lowest BCUT2D eigenvalue weighted by molar-refractivity contribution is 0.284. The Labute approximate surface area is 197 Å². The maximum atomic E-state index is 5.95. The fraction of sp³-hybridized carbons (Fsp3) is 0.357. The lowest BCUT2D eigenvalue weighted by Crippen LogP contribution is -2.32. The molecule has 4 rings (SSSR count). The van der Waals surface area contributed by atoms with Crippen molar-refractivity contribution in [2.24, 2.45) is 4.99 Å². The van der Waals surface area contributed by atoms with E-state index < -0.39 is 0 Å². The first-order valence-electron chi connectivity index (χ1n) is 11.7. The van der Waals surface area contributed by atoms with Gasteiger partial charge < -0.3 is 4.90 Å². The lowest BCUT2D eigenvalue weighted by atomic mass is 9.94. The molecule has 0 N–H and O–H groups in total. The van der Waals surface area contributed by atoms with Crippen molar-refractivity contribution in [1.29, 1.82) is 0 Å². The lowest BCUT2D eigenvalue weighted by Gasteiger charge is -2.29. The van der Waals surface area contributed by atoms with Gasteiger partial charge >= 0.3 is 0 Å². The summed E-state index contributed by atoms with van der Waals surface area (Å²) in [5.41, 5.74) is 4.41. The van der Waals surface area contributed by atoms with Gasteiger partial charge in [-0.25, -0.2) is 9.98 Å². The van der Waals surface area contributed by atoms with Gasteiger partial charge in [0.05, 0.1) is 12.0 Å². The van der Waals surface area contributed by atoms with Crippen molar-refractivity contribution in [3.63, 3.8) is 0 Å². The molecular formula is C28H34ClN3. The third kappa shape index (κ3) is 5.77. The average Bonchev–Trinajstić information content (AvgIpc) is 2.86. The van der Waals surface area contributed by atoms with Gasteiger partial charge in [-0.1, -0.05) is 87.7 Å². The molecule has 0 bridgehead atoms. The van der Waals surface area contributed by atoms with E-state index in [-0.39, 0.29) is 0 Å². The van der Waals surface area contributed by atoms with Crippen LogP contribution in [0.2, 0.25) is 5.15 Å². The first kappa shape index (κ1) is 24.0. The SMILES string of the molecule is C=Cc1cc(Cc2ccc(Cl)nc2)c2ccccc2c1N=CN(C)C1CCCCC1.CC. The highest BCUT2D eigenvalue weighted by Gasteiger charge is 2.16. The van der Waals surface area contributed by atoms with Crippen molar-refractivity contribution >= 4 is 40.5 Å². The standard InChI is InChI=1S/C26H28ClN3.C2H6/c1-3-20-16-21(15-19-13-14-25(27)28-17-19)23-11-7-8-12-24(23)26(20)29-18-30(2)22-9-5-4-6-10-22;1-2/h3,7-8,11-14,16-18,22H,1,4-6,9-10,15H2,2H3;1-2H3. The smallest absolute Gasteiger partial charge is 0.129 e. The number of aliphatic imine (C=N–C) groups is 1. The second-order valence-corrected chi connectivity index (χ2v) is 8.48. The van der Waals surface area contributed by atoms with E-state index in [1.165, 1.54) is 43.1 Å². The third-order valence-corrected chi connectivity index (χ3v) is 6.28. The van der Waals surface area contributed by atoms with Crippen LogP contribution in [0.3, 0.4) is 0 Å². The van der Waals surface area contributed by atoms with Crippen LogP contribution in [0.4, 0.5) is 5.69 Å². The highest BCUT2D eigenvalue weighted by Crippen LogP contribution is 2.35. The van der Waals surface area contributed by atoms with Gasteiger partial charge in [0.25, 0.3) is 0 Å². The Kier molecular flexibility index (Phi) is 8.87. The molecule has 0 saturated heterocycles. The molecule has 1 aliphatic carbocycles. The predicted molar refractivity (Wildman–Crippen MR) is 140 cm³/mol. The van der Waals surface area contributed by atoms with Crippen LogP contribution in [0, 0.1) is 0 Å². The summed E-state index contributed by atoms with van der Waals surface area (Å²) in [7, 11) is 2.15. The van der Waals surface area contributed by atoms with Gasteiger partial charge in [0, 0.05) is 30.2 Å². The molecular weight excluding hydrogens is 414 g/mol. The van der Waals surface area contributed by atoms with Gasteiger partial charge in [-0.3, -0.25) is 0 Å². The molecule has 3 nitrogen and oxygen atoms in total. The zero-order valence-electron chi connectivity index (χ0n) is 19.5. The van der Waals surface area contributed by atoms with E-state index in [2.05, 4.69) is 53.8 Å². The van der Waals surface area contributed by atoms with Gasteiger partial charge in [-0.05, 0) is 47.9 Å². The van der Waals surface area contributed by atoms with Gasteiger partial charge in [0.1, 0.15) is 5.15 Å². The van der Waals surface area contributed by atoms with Gasteiger partial charge in [-0.2, -0.15) is 0 Å². The predicted octanol–water partition coefficient (Wildman–Crippen LogP) is 8.07. The minimum atomic E-state index is 0.516. The summed E-state index contributed by atoms with van der Waals surface area (Å²) in [6.45, 7) is 8.06. The van der Waals surface area contributed by atoms with E-state index in [4.69, 9.17) is 16.6 Å². The minimum Gasteiger partial charge on any atom is -0.363 e. The molecule has 1 aromatic heterocycles. The molecule has 4 heteroatoms. The van der Waals surface area contributed by atoms with Crippen LogP contribution in [0.15, 0.2) is 60.2 Å². The van der Waals surface area contributed by atoms with Gasteiger partial charge in [-0.15, -0.1) is 0 Å². The number of rotatable bonds is 6. The maximum Gasteiger partial charge on any atom is 0.129 e. The Morgan fingerprint density at radius 2 is 1.81 bits per heavy atom. The summed E-state index contributed by atoms with van der Waals surface area (Å²) in [4.78, 5) is 11.5. The summed E-state index contributed by atoms with van der Waals surface area (Å²) >= 11 is 5.95. The van der Waals surface area contributed by atoms with Crippen LogP contribution in [-0.2, 0) is 6.42 Å². The molecule has 1 fully saturated rings. The summed E-state index contributed by atoms with van der Waals surface area (Å²) in [6, 6.07) is 15.2. The van der Waals surface area contributed by atoms with Crippen molar-refractivity contribution < 1.29 is 0 Å². The van der Waals surface area contributed by atoms with E-state index in [0.29, 0.717) is 11.2 Å². The summed E-state index contributed by atoms with van der Waals surface area (Å²) in [6.07, 6.45) is 13.1. The second-order valence-electron chi connectivity index (χ2n) is 8.09. The molecule has 1 saturated carbocycles. The fourth-order valence-electron chi connectivity index (χ4n) is 4.37. The van der Waals surface area contributed by atoms with Gasteiger partial charge in [0.2, 0.25) is 0 Å². The Balaban J connectivity index is 0.00000141. The van der Waals surface area contributed by atoms with E-state index in [0.717, 1.165) is 28.6 Å². The highest BCUT2D eigenvalue weighted by atomic mass is 35.5. The largest absolute Gasteiger partial charge is 0.363 e. The monoisotopic (exact) mass is 447 g/mol. The quantitative estimate of drug-likeness (QED) is 0.217. The zero-order valence-corrected chi connectivity index (χ0v) is 20.3. The van der Waals surface area contributed by atoms with Crippen molar-refractivity contribution in [2.45, 2.75) is 58.4 Å². The van der Waals surface area contributed by atoms with Crippen molar-refractivity contribution in [3.05, 3.63) is 77.1 Å². The average molecular weight is 448 g/mol. The third-order valence-electron chi connectivity index (χ3n) is 6.05. The van der Waals surface area contributed by atoms with Crippen LogP contribution in [0.25, 0.3) is 16.8 Å². The summed E-state index contributed by atoms with van der Waals surface area (Å²) in [5.74, 6) is 0. The normalized spacial score (nSPS) is 14.2. The molecule has 1 heterocycles. The first-order chi connectivity index (χ1) is 15.7. The molecule has 3 aromatic rings. The van der Waals surface area contributed by atoms with Crippen LogP contribution >= 0.6 is 11.6 Å². The highest BCUT2D eigenvalue weighted by molar-refractivity contribution is 6.29. The molecule has 168 valence electrons. The van der Waals surface area contributed by atoms with Crippen LogP contribution in [-0.4, -0.2) is 29.3 Å². The van der Waals surface area contributed by atoms with Crippen LogP contribution < -0.4 is 0 Å². The molecule has 32 heavy (non-hydrogen) atoms. The minimum absolute atomic E-state index is 0.516. The Morgan fingerprint density at radius 1 is 1.09 bits per heavy atom. The molecule has 0 spiro atoms. The number of halogens is 1. The number of nitrogens with zero attached hydrogens (tertiary/aromatic N) is 3. The molecule has 0 atom stereocenters. The molecule has 0 aliphatic heterocycles. The van der Waals surface area contributed by atoms with Crippen molar-refractivity contribution in [1.82, 2.24) is 9.88 Å². The summed E-state index contributed by atoms with van der Waals surface area (Å²) in [5, 5.41) is 2.88. The number of hydrogen-bond acceptors (Lipinski definition) is 2. The number of benzene rings is 2. The number of aromatic nitrogens is 1. The fourth-order valence-corrected chi connectivity index (χ4v) is 4.48. The van der Waals surface area contributed by atoms with E-state index in [1.807, 2.05) is 44.6 Å². The van der Waals surface area contributed by atoms with Gasteiger partial charge in [0.15, 0.2) is 0 Å². The molecule has 0 radical (unpaired) electrons. The summed E-state index contributed by atoms with van der Waals surface area (Å²) < 4.78 is 0. The van der Waals surface area contributed by atoms with E-state index in [1.54, 1.807) is 0 Å². The molecule has 1 aliphatic rings. The van der Waals surface area contributed by atoms with Crippen molar-refractivity contribution in [3.8, 4) is 0 Å². The molecule has 2 aromatic carbocycles. The number of hydrogen-bond donors (Lipinski definition) is 0. The number of pyridine rings is 1. The van der Waals surface area contributed by atoms with Crippen LogP contribution in [0.1, 0.15) is 62.6 Å². The molecule has 0 unspecified atom stereocenters. The van der Waals surface area contributed by atoms with Crippen LogP contribution in [0.5, 0.6) is 0 Å². The zero-order chi connectivity index (χ0) is 22.9. The Morgan fingerprint density at radius 3 is 2.47 bits per heavy atom. The Bertz CT molecular complexity index is 1050. The molecule has 0 amide bonds.